The van der Waals surface area contributed by atoms with Crippen molar-refractivity contribution in [2.45, 2.75) is 38.6 Å². The molecular formula is C17H25N3O. The molecule has 1 atom stereocenters. The first-order valence-electron chi connectivity index (χ1n) is 7.77. The van der Waals surface area contributed by atoms with Gasteiger partial charge in [-0.15, -0.1) is 0 Å². The quantitative estimate of drug-likeness (QED) is 0.927. The maximum atomic E-state index is 6.16. The summed E-state index contributed by atoms with van der Waals surface area (Å²) >= 11 is 0. The van der Waals surface area contributed by atoms with Crippen molar-refractivity contribution >= 4 is 5.96 Å². The number of rotatable bonds is 3. The van der Waals surface area contributed by atoms with Crippen molar-refractivity contribution in [2.24, 2.45) is 16.6 Å². The largest absolute Gasteiger partial charge is 0.497 e. The Balaban J connectivity index is 1.90. The second-order valence-corrected chi connectivity index (χ2v) is 6.71. The van der Waals surface area contributed by atoms with E-state index in [0.717, 1.165) is 44.1 Å². The van der Waals surface area contributed by atoms with Gasteiger partial charge in [0.25, 0.3) is 0 Å². The zero-order valence-electron chi connectivity index (χ0n) is 13.2. The number of guanidine groups is 1. The molecule has 0 fully saturated rings. The summed E-state index contributed by atoms with van der Waals surface area (Å²) in [5, 5.41) is 0. The van der Waals surface area contributed by atoms with Crippen LogP contribution in [0.5, 0.6) is 5.75 Å². The van der Waals surface area contributed by atoms with Gasteiger partial charge in [-0.1, -0.05) is 19.9 Å². The highest BCUT2D eigenvalue weighted by molar-refractivity contribution is 5.81. The molecule has 3 rings (SSSR count). The van der Waals surface area contributed by atoms with Crippen LogP contribution < -0.4 is 10.5 Å². The molecule has 0 radical (unpaired) electrons. The van der Waals surface area contributed by atoms with Gasteiger partial charge in [-0.05, 0) is 48.4 Å². The molecule has 1 unspecified atom stereocenters. The Labute approximate surface area is 127 Å². The maximum absolute atomic E-state index is 6.16. The monoisotopic (exact) mass is 287 g/mol. The van der Waals surface area contributed by atoms with Crippen LogP contribution in [-0.2, 0) is 12.8 Å². The lowest BCUT2D eigenvalue weighted by atomic mass is 9.77. The van der Waals surface area contributed by atoms with Gasteiger partial charge >= 0.3 is 0 Å². The Morgan fingerprint density at radius 3 is 2.90 bits per heavy atom. The fourth-order valence-corrected chi connectivity index (χ4v) is 3.61. The molecule has 21 heavy (non-hydrogen) atoms. The van der Waals surface area contributed by atoms with E-state index in [1.54, 1.807) is 7.11 Å². The highest BCUT2D eigenvalue weighted by atomic mass is 16.5. The van der Waals surface area contributed by atoms with Crippen molar-refractivity contribution in [2.75, 3.05) is 20.2 Å². The van der Waals surface area contributed by atoms with E-state index in [-0.39, 0.29) is 5.54 Å². The van der Waals surface area contributed by atoms with Gasteiger partial charge < -0.3 is 15.4 Å². The summed E-state index contributed by atoms with van der Waals surface area (Å²) < 4.78 is 5.38. The average molecular weight is 287 g/mol. The van der Waals surface area contributed by atoms with Gasteiger partial charge in [0.05, 0.1) is 19.2 Å². The fourth-order valence-electron chi connectivity index (χ4n) is 3.61. The summed E-state index contributed by atoms with van der Waals surface area (Å²) in [5.74, 6) is 2.24. The molecule has 1 aromatic carbocycles. The Kier molecular flexibility index (Phi) is 3.56. The molecule has 0 amide bonds. The fraction of sp³-hybridized carbons (Fsp3) is 0.588. The molecular weight excluding hydrogens is 262 g/mol. The van der Waals surface area contributed by atoms with Crippen LogP contribution in [0.3, 0.4) is 0 Å². The molecule has 4 nitrogen and oxygen atoms in total. The minimum atomic E-state index is 0.0771. The summed E-state index contributed by atoms with van der Waals surface area (Å²) in [6, 6.07) is 6.44. The van der Waals surface area contributed by atoms with E-state index in [2.05, 4.69) is 41.9 Å². The number of ether oxygens (including phenoxy) is 1. The minimum absolute atomic E-state index is 0.0771. The van der Waals surface area contributed by atoms with Gasteiger partial charge in [-0.2, -0.15) is 0 Å². The SMILES string of the molecule is COc1ccc2c(c1)CC1(CC2)CN=C(N)N1CC(C)C. The smallest absolute Gasteiger partial charge is 0.191 e. The van der Waals surface area contributed by atoms with E-state index in [9.17, 15) is 0 Å². The van der Waals surface area contributed by atoms with Crippen LogP contribution in [0.25, 0.3) is 0 Å². The van der Waals surface area contributed by atoms with Crippen molar-refractivity contribution in [1.29, 1.82) is 0 Å². The number of benzene rings is 1. The summed E-state index contributed by atoms with van der Waals surface area (Å²) in [4.78, 5) is 6.90. The van der Waals surface area contributed by atoms with E-state index >= 15 is 0 Å². The molecule has 2 N–H and O–H groups in total. The molecule has 1 aromatic rings. The average Bonchev–Trinajstić information content (AvgIpc) is 2.75. The van der Waals surface area contributed by atoms with E-state index < -0.39 is 0 Å². The van der Waals surface area contributed by atoms with Gasteiger partial charge in [-0.3, -0.25) is 4.99 Å². The molecule has 114 valence electrons. The lowest BCUT2D eigenvalue weighted by molar-refractivity contribution is 0.161. The second-order valence-electron chi connectivity index (χ2n) is 6.71. The van der Waals surface area contributed by atoms with Gasteiger partial charge in [0, 0.05) is 6.54 Å². The normalized spacial score (nSPS) is 24.4. The Hall–Kier alpha value is -1.71. The minimum Gasteiger partial charge on any atom is -0.497 e. The number of nitrogens with zero attached hydrogens (tertiary/aromatic N) is 2. The zero-order chi connectivity index (χ0) is 15.0. The third-order valence-electron chi connectivity index (χ3n) is 4.72. The van der Waals surface area contributed by atoms with Crippen LogP contribution in [0.1, 0.15) is 31.4 Å². The highest BCUT2D eigenvalue weighted by Gasteiger charge is 2.44. The van der Waals surface area contributed by atoms with Gasteiger partial charge in [0.2, 0.25) is 0 Å². The predicted molar refractivity (Wildman–Crippen MR) is 85.8 cm³/mol. The van der Waals surface area contributed by atoms with Crippen LogP contribution >= 0.6 is 0 Å². The summed E-state index contributed by atoms with van der Waals surface area (Å²) in [5.41, 5.74) is 9.07. The molecule has 0 aromatic heterocycles. The van der Waals surface area contributed by atoms with E-state index in [1.165, 1.54) is 11.1 Å². The molecule has 0 saturated carbocycles. The second kappa shape index (κ2) is 5.24. The first-order valence-corrected chi connectivity index (χ1v) is 7.77. The standard InChI is InChI=1S/C17H25N3O/c1-12(2)10-20-16(18)19-11-17(20)7-6-13-4-5-15(21-3)8-14(13)9-17/h4-5,8,12H,6-7,9-11H2,1-3H3,(H2,18,19). The van der Waals surface area contributed by atoms with Crippen LogP contribution in [0, 0.1) is 5.92 Å². The first-order chi connectivity index (χ1) is 10.0. The molecule has 1 aliphatic carbocycles. The molecule has 0 saturated heterocycles. The molecule has 1 spiro atoms. The highest BCUT2D eigenvalue weighted by Crippen LogP contribution is 2.38. The molecule has 1 heterocycles. The van der Waals surface area contributed by atoms with Crippen molar-refractivity contribution in [3.8, 4) is 5.75 Å². The molecule has 4 heteroatoms. The van der Waals surface area contributed by atoms with E-state index in [4.69, 9.17) is 10.5 Å². The van der Waals surface area contributed by atoms with E-state index in [0.29, 0.717) is 5.92 Å². The van der Waals surface area contributed by atoms with Crippen molar-refractivity contribution < 1.29 is 4.74 Å². The maximum Gasteiger partial charge on any atom is 0.191 e. The predicted octanol–water partition coefficient (Wildman–Crippen LogP) is 2.21. The lowest BCUT2D eigenvalue weighted by Gasteiger charge is -2.43. The molecule has 0 bridgehead atoms. The van der Waals surface area contributed by atoms with Gasteiger partial charge in [0.15, 0.2) is 5.96 Å². The third-order valence-corrected chi connectivity index (χ3v) is 4.72. The molecule has 2 aliphatic rings. The topological polar surface area (TPSA) is 50.9 Å². The van der Waals surface area contributed by atoms with Gasteiger partial charge in [0.1, 0.15) is 5.75 Å². The number of fused-ring (bicyclic) bond motifs is 1. The number of nitrogens with two attached hydrogens (primary N) is 1. The lowest BCUT2D eigenvalue weighted by Crippen LogP contribution is -2.55. The van der Waals surface area contributed by atoms with E-state index in [1.807, 2.05) is 0 Å². The number of hydrogen-bond donors (Lipinski definition) is 1. The molecule has 1 aliphatic heterocycles. The Bertz CT molecular complexity index is 567. The number of aryl methyl sites for hydroxylation is 1. The summed E-state index contributed by atoms with van der Waals surface area (Å²) in [6.45, 7) is 6.27. The number of aliphatic imine (C=N–C) groups is 1. The van der Waals surface area contributed by atoms with Crippen molar-refractivity contribution in [3.05, 3.63) is 29.3 Å². The number of hydrogen-bond acceptors (Lipinski definition) is 4. The van der Waals surface area contributed by atoms with Crippen LogP contribution in [0.2, 0.25) is 0 Å². The Morgan fingerprint density at radius 1 is 1.38 bits per heavy atom. The first kappa shape index (κ1) is 14.2. The number of methoxy groups -OCH3 is 1. The summed E-state index contributed by atoms with van der Waals surface area (Å²) in [6.07, 6.45) is 3.23. The van der Waals surface area contributed by atoms with Gasteiger partial charge in [-0.25, -0.2) is 0 Å². The van der Waals surface area contributed by atoms with Crippen molar-refractivity contribution in [3.63, 3.8) is 0 Å². The Morgan fingerprint density at radius 2 is 2.19 bits per heavy atom. The van der Waals surface area contributed by atoms with Crippen LogP contribution in [-0.4, -0.2) is 36.6 Å². The van der Waals surface area contributed by atoms with Crippen LogP contribution in [0.4, 0.5) is 0 Å². The third kappa shape index (κ3) is 2.47. The van der Waals surface area contributed by atoms with Crippen LogP contribution in [0.15, 0.2) is 23.2 Å². The van der Waals surface area contributed by atoms with Crippen molar-refractivity contribution in [1.82, 2.24) is 4.90 Å². The summed E-state index contributed by atoms with van der Waals surface area (Å²) in [7, 11) is 1.72. The zero-order valence-corrected chi connectivity index (χ0v) is 13.2.